The quantitative estimate of drug-likeness (QED) is 0.802. The predicted octanol–water partition coefficient (Wildman–Crippen LogP) is 3.47. The SMILES string of the molecule is CCCC(CCC)NCc1ccc2c(c1)OCO2. The molecule has 0 aliphatic carbocycles. The minimum atomic E-state index is 0.348. The van der Waals surface area contributed by atoms with Crippen LogP contribution in [-0.4, -0.2) is 12.8 Å². The van der Waals surface area contributed by atoms with Crippen LogP contribution in [0.1, 0.15) is 45.1 Å². The third kappa shape index (κ3) is 3.39. The van der Waals surface area contributed by atoms with Gasteiger partial charge in [-0.25, -0.2) is 0 Å². The highest BCUT2D eigenvalue weighted by atomic mass is 16.7. The first-order valence-corrected chi connectivity index (χ1v) is 6.95. The van der Waals surface area contributed by atoms with Crippen molar-refractivity contribution in [3.8, 4) is 11.5 Å². The molecule has 0 spiro atoms. The summed E-state index contributed by atoms with van der Waals surface area (Å²) in [5, 5.41) is 3.63. The van der Waals surface area contributed by atoms with Gasteiger partial charge in [0.05, 0.1) is 0 Å². The van der Waals surface area contributed by atoms with Crippen molar-refractivity contribution < 1.29 is 9.47 Å². The van der Waals surface area contributed by atoms with E-state index >= 15 is 0 Å². The average Bonchev–Trinajstić information content (AvgIpc) is 2.84. The molecular weight excluding hydrogens is 226 g/mol. The van der Waals surface area contributed by atoms with Crippen molar-refractivity contribution in [2.75, 3.05) is 6.79 Å². The van der Waals surface area contributed by atoms with Gasteiger partial charge in [0.2, 0.25) is 6.79 Å². The van der Waals surface area contributed by atoms with E-state index in [2.05, 4.69) is 31.3 Å². The molecule has 0 fully saturated rings. The second kappa shape index (κ2) is 6.64. The Bertz CT molecular complexity index is 373. The molecule has 0 bridgehead atoms. The molecule has 0 saturated carbocycles. The van der Waals surface area contributed by atoms with Gasteiger partial charge in [0.15, 0.2) is 11.5 Å². The highest BCUT2D eigenvalue weighted by molar-refractivity contribution is 5.44. The molecule has 0 radical (unpaired) electrons. The Labute approximate surface area is 109 Å². The molecular formula is C15H23NO2. The number of hydrogen-bond donors (Lipinski definition) is 1. The van der Waals surface area contributed by atoms with Gasteiger partial charge in [0.25, 0.3) is 0 Å². The van der Waals surface area contributed by atoms with Crippen molar-refractivity contribution in [1.29, 1.82) is 0 Å². The van der Waals surface area contributed by atoms with Crippen LogP contribution in [0.25, 0.3) is 0 Å². The Morgan fingerprint density at radius 1 is 1.11 bits per heavy atom. The summed E-state index contributed by atoms with van der Waals surface area (Å²) in [5.41, 5.74) is 1.26. The molecule has 18 heavy (non-hydrogen) atoms. The van der Waals surface area contributed by atoms with Gasteiger partial charge in [-0.3, -0.25) is 0 Å². The largest absolute Gasteiger partial charge is 0.454 e. The smallest absolute Gasteiger partial charge is 0.231 e. The van der Waals surface area contributed by atoms with E-state index < -0.39 is 0 Å². The summed E-state index contributed by atoms with van der Waals surface area (Å²) in [6, 6.07) is 6.80. The third-order valence-electron chi connectivity index (χ3n) is 3.31. The fourth-order valence-corrected chi connectivity index (χ4v) is 2.36. The number of benzene rings is 1. The van der Waals surface area contributed by atoms with Crippen LogP contribution >= 0.6 is 0 Å². The molecule has 1 N–H and O–H groups in total. The third-order valence-corrected chi connectivity index (χ3v) is 3.31. The Morgan fingerprint density at radius 2 is 1.83 bits per heavy atom. The lowest BCUT2D eigenvalue weighted by atomic mass is 10.1. The Hall–Kier alpha value is -1.22. The van der Waals surface area contributed by atoms with E-state index in [9.17, 15) is 0 Å². The fourth-order valence-electron chi connectivity index (χ4n) is 2.36. The van der Waals surface area contributed by atoms with Gasteiger partial charge >= 0.3 is 0 Å². The van der Waals surface area contributed by atoms with Crippen molar-refractivity contribution in [2.24, 2.45) is 0 Å². The molecule has 1 aliphatic rings. The molecule has 100 valence electrons. The molecule has 0 amide bonds. The summed E-state index contributed by atoms with van der Waals surface area (Å²) in [5.74, 6) is 1.73. The van der Waals surface area contributed by atoms with E-state index in [1.54, 1.807) is 0 Å². The fraction of sp³-hybridized carbons (Fsp3) is 0.600. The van der Waals surface area contributed by atoms with Crippen LogP contribution in [0.2, 0.25) is 0 Å². The van der Waals surface area contributed by atoms with E-state index in [0.717, 1.165) is 18.0 Å². The highest BCUT2D eigenvalue weighted by Gasteiger charge is 2.13. The van der Waals surface area contributed by atoms with Crippen molar-refractivity contribution in [2.45, 2.75) is 52.1 Å². The summed E-state index contributed by atoms with van der Waals surface area (Å²) >= 11 is 0. The number of rotatable bonds is 7. The first-order valence-electron chi connectivity index (χ1n) is 6.95. The highest BCUT2D eigenvalue weighted by Crippen LogP contribution is 2.32. The normalized spacial score (nSPS) is 13.3. The molecule has 3 nitrogen and oxygen atoms in total. The summed E-state index contributed by atoms with van der Waals surface area (Å²) in [4.78, 5) is 0. The Morgan fingerprint density at radius 3 is 2.56 bits per heavy atom. The minimum Gasteiger partial charge on any atom is -0.454 e. The van der Waals surface area contributed by atoms with Gasteiger partial charge in [-0.05, 0) is 30.5 Å². The topological polar surface area (TPSA) is 30.5 Å². The van der Waals surface area contributed by atoms with E-state index in [1.807, 2.05) is 6.07 Å². The van der Waals surface area contributed by atoms with Gasteiger partial charge in [0.1, 0.15) is 0 Å². The van der Waals surface area contributed by atoms with Crippen LogP contribution in [0.4, 0.5) is 0 Å². The monoisotopic (exact) mass is 249 g/mol. The van der Waals surface area contributed by atoms with Crippen molar-refractivity contribution >= 4 is 0 Å². The molecule has 2 rings (SSSR count). The molecule has 0 saturated heterocycles. The summed E-state index contributed by atoms with van der Waals surface area (Å²) < 4.78 is 10.7. The van der Waals surface area contributed by atoms with Crippen LogP contribution in [0.5, 0.6) is 11.5 Å². The minimum absolute atomic E-state index is 0.348. The molecule has 3 heteroatoms. The molecule has 1 aromatic rings. The maximum Gasteiger partial charge on any atom is 0.231 e. The van der Waals surface area contributed by atoms with Gasteiger partial charge in [-0.2, -0.15) is 0 Å². The lowest BCUT2D eigenvalue weighted by Gasteiger charge is -2.17. The first kappa shape index (κ1) is 13.2. The maximum absolute atomic E-state index is 5.39. The second-order valence-corrected chi connectivity index (χ2v) is 4.84. The van der Waals surface area contributed by atoms with Crippen LogP contribution in [-0.2, 0) is 6.54 Å². The Kier molecular flexibility index (Phi) is 4.88. The van der Waals surface area contributed by atoms with Crippen molar-refractivity contribution in [3.05, 3.63) is 23.8 Å². The van der Waals surface area contributed by atoms with Gasteiger partial charge in [-0.1, -0.05) is 32.8 Å². The summed E-state index contributed by atoms with van der Waals surface area (Å²) in [7, 11) is 0. The van der Waals surface area contributed by atoms with Gasteiger partial charge < -0.3 is 14.8 Å². The van der Waals surface area contributed by atoms with E-state index in [1.165, 1.54) is 31.2 Å². The summed E-state index contributed by atoms with van der Waals surface area (Å²) in [6.07, 6.45) is 4.97. The zero-order valence-corrected chi connectivity index (χ0v) is 11.4. The first-order chi connectivity index (χ1) is 8.83. The Balaban J connectivity index is 1.88. The van der Waals surface area contributed by atoms with E-state index in [0.29, 0.717) is 12.8 Å². The van der Waals surface area contributed by atoms with E-state index in [4.69, 9.17) is 9.47 Å². The lowest BCUT2D eigenvalue weighted by Crippen LogP contribution is -2.28. The van der Waals surface area contributed by atoms with Crippen molar-refractivity contribution in [3.63, 3.8) is 0 Å². The molecule has 0 unspecified atom stereocenters. The van der Waals surface area contributed by atoms with Crippen molar-refractivity contribution in [1.82, 2.24) is 5.32 Å². The van der Waals surface area contributed by atoms with Crippen LogP contribution in [0, 0.1) is 0 Å². The maximum atomic E-state index is 5.39. The predicted molar refractivity (Wildman–Crippen MR) is 73.0 cm³/mol. The number of ether oxygens (including phenoxy) is 2. The molecule has 1 aromatic carbocycles. The average molecular weight is 249 g/mol. The number of nitrogens with one attached hydrogen (secondary N) is 1. The second-order valence-electron chi connectivity index (χ2n) is 4.84. The zero-order chi connectivity index (χ0) is 12.8. The van der Waals surface area contributed by atoms with Gasteiger partial charge in [0, 0.05) is 12.6 Å². The van der Waals surface area contributed by atoms with Crippen LogP contribution < -0.4 is 14.8 Å². The van der Waals surface area contributed by atoms with Crippen LogP contribution in [0.15, 0.2) is 18.2 Å². The molecule has 0 atom stereocenters. The number of hydrogen-bond acceptors (Lipinski definition) is 3. The van der Waals surface area contributed by atoms with Crippen LogP contribution in [0.3, 0.4) is 0 Å². The molecule has 1 aliphatic heterocycles. The molecule has 1 heterocycles. The zero-order valence-electron chi connectivity index (χ0n) is 11.4. The summed E-state index contributed by atoms with van der Waals surface area (Å²) in [6.45, 7) is 5.73. The van der Waals surface area contributed by atoms with Gasteiger partial charge in [-0.15, -0.1) is 0 Å². The molecule has 0 aromatic heterocycles. The standard InChI is InChI=1S/C15H23NO2/c1-3-5-13(6-4-2)16-10-12-7-8-14-15(9-12)18-11-17-14/h7-9,13,16H,3-6,10-11H2,1-2H3. The lowest BCUT2D eigenvalue weighted by molar-refractivity contribution is 0.174. The van der Waals surface area contributed by atoms with E-state index in [-0.39, 0.29) is 0 Å². The number of fused-ring (bicyclic) bond motifs is 1.